The minimum Gasteiger partial charge on any atom is -0.327 e. The Morgan fingerprint density at radius 2 is 1.91 bits per heavy atom. The number of hydrogen-bond donors (Lipinski definition) is 1. The van der Waals surface area contributed by atoms with E-state index in [0.717, 1.165) is 0 Å². The van der Waals surface area contributed by atoms with Crippen LogP contribution in [0.3, 0.4) is 0 Å². The van der Waals surface area contributed by atoms with Crippen molar-refractivity contribution in [2.45, 2.75) is 31.6 Å². The van der Waals surface area contributed by atoms with Gasteiger partial charge in [0, 0.05) is 6.04 Å². The van der Waals surface area contributed by atoms with Crippen LogP contribution in [0.25, 0.3) is 0 Å². The van der Waals surface area contributed by atoms with Crippen molar-refractivity contribution in [1.29, 1.82) is 0 Å². The quantitative estimate of drug-likeness (QED) is 0.573. The third kappa shape index (κ3) is 1.73. The first-order chi connectivity index (χ1) is 4.93. The molecule has 4 heteroatoms. The number of rotatable bonds is 0. The van der Waals surface area contributed by atoms with Crippen molar-refractivity contribution in [2.24, 2.45) is 11.7 Å². The van der Waals surface area contributed by atoms with Crippen LogP contribution in [0.15, 0.2) is 0 Å². The van der Waals surface area contributed by atoms with Crippen molar-refractivity contribution < 1.29 is 8.42 Å². The summed E-state index contributed by atoms with van der Waals surface area (Å²) in [5.41, 5.74) is 5.73. The van der Waals surface area contributed by atoms with Crippen LogP contribution in [-0.4, -0.2) is 25.5 Å². The van der Waals surface area contributed by atoms with E-state index in [0.29, 0.717) is 6.42 Å². The van der Waals surface area contributed by atoms with Gasteiger partial charge in [-0.25, -0.2) is 8.42 Å². The number of sulfone groups is 1. The van der Waals surface area contributed by atoms with E-state index < -0.39 is 9.84 Å². The van der Waals surface area contributed by atoms with Crippen molar-refractivity contribution in [3.63, 3.8) is 0 Å². The zero-order chi connectivity index (χ0) is 8.65. The van der Waals surface area contributed by atoms with E-state index in [2.05, 4.69) is 0 Å². The van der Waals surface area contributed by atoms with E-state index in [4.69, 9.17) is 5.73 Å². The number of hydrogen-bond acceptors (Lipinski definition) is 3. The van der Waals surface area contributed by atoms with Crippen LogP contribution in [0.1, 0.15) is 20.3 Å². The molecule has 1 aliphatic rings. The molecule has 1 aliphatic heterocycles. The molecule has 66 valence electrons. The molecular formula is C7H15NO2S. The summed E-state index contributed by atoms with van der Waals surface area (Å²) >= 11 is 0. The molecule has 0 radical (unpaired) electrons. The Bertz CT molecular complexity index is 235. The van der Waals surface area contributed by atoms with E-state index in [-0.39, 0.29) is 23.0 Å². The van der Waals surface area contributed by atoms with Gasteiger partial charge in [-0.15, -0.1) is 0 Å². The van der Waals surface area contributed by atoms with Gasteiger partial charge in [0.25, 0.3) is 0 Å². The highest BCUT2D eigenvalue weighted by Crippen LogP contribution is 2.22. The predicted molar refractivity (Wildman–Crippen MR) is 45.0 cm³/mol. The van der Waals surface area contributed by atoms with Gasteiger partial charge in [0.15, 0.2) is 9.84 Å². The molecule has 0 saturated carbocycles. The molecule has 11 heavy (non-hydrogen) atoms. The third-order valence-electron chi connectivity index (χ3n) is 2.44. The van der Waals surface area contributed by atoms with Crippen molar-refractivity contribution in [3.05, 3.63) is 0 Å². The molecule has 0 aromatic rings. The van der Waals surface area contributed by atoms with E-state index >= 15 is 0 Å². The SMILES string of the molecule is C[C@@H]1C[C@H](N)[C@@H](C)CS1(=O)=O. The maximum absolute atomic E-state index is 11.3. The zero-order valence-electron chi connectivity index (χ0n) is 6.95. The fourth-order valence-corrected chi connectivity index (χ4v) is 3.24. The van der Waals surface area contributed by atoms with Gasteiger partial charge in [-0.2, -0.15) is 0 Å². The van der Waals surface area contributed by atoms with Crippen molar-refractivity contribution in [2.75, 3.05) is 5.75 Å². The Kier molecular flexibility index (Phi) is 2.25. The average molecular weight is 177 g/mol. The van der Waals surface area contributed by atoms with Gasteiger partial charge in [-0.1, -0.05) is 6.92 Å². The Labute approximate surface area is 67.9 Å². The lowest BCUT2D eigenvalue weighted by molar-refractivity contribution is 0.425. The van der Waals surface area contributed by atoms with Gasteiger partial charge in [-0.05, 0) is 19.3 Å². The van der Waals surface area contributed by atoms with Gasteiger partial charge in [-0.3, -0.25) is 0 Å². The van der Waals surface area contributed by atoms with E-state index in [1.807, 2.05) is 6.92 Å². The largest absolute Gasteiger partial charge is 0.327 e. The summed E-state index contributed by atoms with van der Waals surface area (Å²) in [4.78, 5) is 0. The van der Waals surface area contributed by atoms with Crippen LogP contribution in [0.4, 0.5) is 0 Å². The number of nitrogens with two attached hydrogens (primary N) is 1. The highest BCUT2D eigenvalue weighted by molar-refractivity contribution is 7.92. The molecule has 3 atom stereocenters. The lowest BCUT2D eigenvalue weighted by Crippen LogP contribution is -2.44. The van der Waals surface area contributed by atoms with Gasteiger partial charge < -0.3 is 5.73 Å². The molecule has 1 heterocycles. The molecule has 0 spiro atoms. The molecule has 0 aromatic heterocycles. The van der Waals surface area contributed by atoms with Gasteiger partial charge >= 0.3 is 0 Å². The van der Waals surface area contributed by atoms with Crippen LogP contribution in [0, 0.1) is 5.92 Å². The monoisotopic (exact) mass is 177 g/mol. The molecule has 2 N–H and O–H groups in total. The second-order valence-electron chi connectivity index (χ2n) is 3.52. The first kappa shape index (κ1) is 9.00. The van der Waals surface area contributed by atoms with E-state index in [1.54, 1.807) is 6.92 Å². The molecule has 0 unspecified atom stereocenters. The summed E-state index contributed by atoms with van der Waals surface area (Å²) < 4.78 is 22.6. The summed E-state index contributed by atoms with van der Waals surface area (Å²) in [6.07, 6.45) is 0.615. The third-order valence-corrected chi connectivity index (χ3v) is 4.85. The van der Waals surface area contributed by atoms with E-state index in [9.17, 15) is 8.42 Å². The molecular weight excluding hydrogens is 162 g/mol. The van der Waals surface area contributed by atoms with Crippen molar-refractivity contribution in [1.82, 2.24) is 0 Å². The average Bonchev–Trinajstić information content (AvgIpc) is 1.83. The van der Waals surface area contributed by atoms with Crippen LogP contribution in [0.5, 0.6) is 0 Å². The fraction of sp³-hybridized carbons (Fsp3) is 1.00. The summed E-state index contributed by atoms with van der Waals surface area (Å²) in [6.45, 7) is 3.63. The second kappa shape index (κ2) is 2.75. The van der Waals surface area contributed by atoms with Crippen molar-refractivity contribution >= 4 is 9.84 Å². The minimum atomic E-state index is -2.82. The summed E-state index contributed by atoms with van der Waals surface area (Å²) in [7, 11) is -2.82. The van der Waals surface area contributed by atoms with E-state index in [1.165, 1.54) is 0 Å². The molecule has 0 aromatic carbocycles. The molecule has 3 nitrogen and oxygen atoms in total. The second-order valence-corrected chi connectivity index (χ2v) is 5.98. The summed E-state index contributed by atoms with van der Waals surface area (Å²) in [6, 6.07) is 0.0634. The Morgan fingerprint density at radius 1 is 1.36 bits per heavy atom. The molecule has 1 fully saturated rings. The first-order valence-corrected chi connectivity index (χ1v) is 5.62. The minimum absolute atomic E-state index is 0.0634. The smallest absolute Gasteiger partial charge is 0.153 e. The van der Waals surface area contributed by atoms with Gasteiger partial charge in [0.1, 0.15) is 0 Å². The molecule has 1 rings (SSSR count). The van der Waals surface area contributed by atoms with Crippen LogP contribution in [0.2, 0.25) is 0 Å². The van der Waals surface area contributed by atoms with Crippen LogP contribution >= 0.6 is 0 Å². The standard InChI is InChI=1S/C7H15NO2S/c1-5-4-11(9,10)6(2)3-7(5)8/h5-7H,3-4,8H2,1-2H3/t5-,6+,7-/m0/s1. The zero-order valence-corrected chi connectivity index (χ0v) is 7.76. The van der Waals surface area contributed by atoms with Crippen LogP contribution < -0.4 is 5.73 Å². The normalized spacial score (nSPS) is 43.7. The summed E-state index contributed by atoms with van der Waals surface area (Å²) in [5, 5.41) is -0.242. The lowest BCUT2D eigenvalue weighted by Gasteiger charge is -2.29. The van der Waals surface area contributed by atoms with Gasteiger partial charge in [0.2, 0.25) is 0 Å². The highest BCUT2D eigenvalue weighted by atomic mass is 32.2. The molecule has 0 amide bonds. The highest BCUT2D eigenvalue weighted by Gasteiger charge is 2.33. The molecule has 0 aliphatic carbocycles. The maximum atomic E-state index is 11.3. The Morgan fingerprint density at radius 3 is 2.36 bits per heavy atom. The van der Waals surface area contributed by atoms with Crippen molar-refractivity contribution in [3.8, 4) is 0 Å². The van der Waals surface area contributed by atoms with Crippen LogP contribution in [-0.2, 0) is 9.84 Å². The Hall–Kier alpha value is -0.0900. The maximum Gasteiger partial charge on any atom is 0.153 e. The molecule has 1 saturated heterocycles. The lowest BCUT2D eigenvalue weighted by atomic mass is 10.00. The van der Waals surface area contributed by atoms with Gasteiger partial charge in [0.05, 0.1) is 11.0 Å². The Balaban J connectivity index is 2.79. The predicted octanol–water partition coefficient (Wildman–Crippen LogP) is 0.157. The first-order valence-electron chi connectivity index (χ1n) is 3.90. The topological polar surface area (TPSA) is 60.2 Å². The molecule has 0 bridgehead atoms. The fourth-order valence-electron chi connectivity index (χ4n) is 1.42. The summed E-state index contributed by atoms with van der Waals surface area (Å²) in [5.74, 6) is 0.381.